The molecule has 0 aliphatic carbocycles. The first-order valence-electron chi connectivity index (χ1n) is 9.74. The maximum Gasteiger partial charge on any atom is 0.328 e. The summed E-state index contributed by atoms with van der Waals surface area (Å²) < 4.78 is 15.7. The summed E-state index contributed by atoms with van der Waals surface area (Å²) in [6.45, 7) is 1.49. The maximum absolute atomic E-state index is 12.7. The molecule has 0 bridgehead atoms. The van der Waals surface area contributed by atoms with Gasteiger partial charge in [-0.1, -0.05) is 11.6 Å². The van der Waals surface area contributed by atoms with Gasteiger partial charge in [-0.05, 0) is 60.2 Å². The van der Waals surface area contributed by atoms with E-state index in [4.69, 9.17) is 21.1 Å². The van der Waals surface area contributed by atoms with Gasteiger partial charge in [0.1, 0.15) is 12.6 Å². The third-order valence-electron chi connectivity index (χ3n) is 4.83. The Balaban J connectivity index is 1.81. The van der Waals surface area contributed by atoms with Crippen LogP contribution in [-0.2, 0) is 20.9 Å². The molecule has 10 nitrogen and oxygen atoms in total. The number of carbonyl (C=O) groups is 3. The van der Waals surface area contributed by atoms with Gasteiger partial charge in [-0.3, -0.25) is 24.6 Å². The minimum Gasteiger partial charge on any atom is -0.493 e. The van der Waals surface area contributed by atoms with Gasteiger partial charge in [-0.15, -0.1) is 0 Å². The number of thioether (sulfide) groups is 1. The number of nitro benzene ring substituents is 1. The van der Waals surface area contributed by atoms with Crippen LogP contribution in [0.25, 0.3) is 6.08 Å². The van der Waals surface area contributed by atoms with Gasteiger partial charge in [0.15, 0.2) is 11.5 Å². The van der Waals surface area contributed by atoms with Crippen LogP contribution in [0.4, 0.5) is 10.5 Å². The molecule has 2 aromatic carbocycles. The topological polar surface area (TPSA) is 125 Å². The van der Waals surface area contributed by atoms with Crippen molar-refractivity contribution in [2.45, 2.75) is 19.6 Å². The molecule has 1 saturated heterocycles. The highest BCUT2D eigenvalue weighted by molar-refractivity contribution is 8.18. The third kappa shape index (κ3) is 5.32. The zero-order valence-electron chi connectivity index (χ0n) is 18.3. The minimum atomic E-state index is -1.06. The van der Waals surface area contributed by atoms with E-state index in [0.717, 1.165) is 4.90 Å². The maximum atomic E-state index is 12.7. The van der Waals surface area contributed by atoms with E-state index in [-0.39, 0.29) is 33.7 Å². The molecule has 3 rings (SSSR count). The predicted octanol–water partition coefficient (Wildman–Crippen LogP) is 4.43. The van der Waals surface area contributed by atoms with E-state index in [1.165, 1.54) is 45.4 Å². The van der Waals surface area contributed by atoms with Gasteiger partial charge >= 0.3 is 5.97 Å². The van der Waals surface area contributed by atoms with E-state index < -0.39 is 28.1 Å². The number of nitrogens with zero attached hydrogens (tertiary/aromatic N) is 2. The van der Waals surface area contributed by atoms with Crippen LogP contribution in [0.5, 0.6) is 11.5 Å². The van der Waals surface area contributed by atoms with E-state index in [1.807, 2.05) is 0 Å². The fourth-order valence-corrected chi connectivity index (χ4v) is 4.26. The Morgan fingerprint density at radius 2 is 1.91 bits per heavy atom. The van der Waals surface area contributed by atoms with Crippen molar-refractivity contribution in [1.82, 2.24) is 4.90 Å². The van der Waals surface area contributed by atoms with Crippen LogP contribution >= 0.6 is 23.4 Å². The van der Waals surface area contributed by atoms with Gasteiger partial charge in [0.25, 0.3) is 16.8 Å². The number of nitro groups is 1. The first-order valence-corrected chi connectivity index (χ1v) is 10.9. The molecule has 2 amide bonds. The highest BCUT2D eigenvalue weighted by Gasteiger charge is 2.41. The molecule has 34 heavy (non-hydrogen) atoms. The highest BCUT2D eigenvalue weighted by atomic mass is 35.5. The number of ether oxygens (including phenoxy) is 3. The summed E-state index contributed by atoms with van der Waals surface area (Å²) in [5.41, 5.74) is 1.12. The zero-order chi connectivity index (χ0) is 25.0. The summed E-state index contributed by atoms with van der Waals surface area (Å²) >= 11 is 7.08. The molecular weight excluding hydrogens is 488 g/mol. The van der Waals surface area contributed by atoms with E-state index in [1.54, 1.807) is 18.2 Å². The van der Waals surface area contributed by atoms with Crippen LogP contribution in [0.3, 0.4) is 0 Å². The number of imide groups is 1. The molecule has 0 saturated carbocycles. The average Bonchev–Trinajstić information content (AvgIpc) is 3.09. The Morgan fingerprint density at radius 1 is 1.24 bits per heavy atom. The Labute approximate surface area is 203 Å². The van der Waals surface area contributed by atoms with Crippen LogP contribution in [0.15, 0.2) is 41.3 Å². The molecule has 1 fully saturated rings. The van der Waals surface area contributed by atoms with Crippen molar-refractivity contribution in [3.8, 4) is 11.5 Å². The van der Waals surface area contributed by atoms with E-state index in [2.05, 4.69) is 4.74 Å². The average molecular weight is 507 g/mol. The van der Waals surface area contributed by atoms with Crippen molar-refractivity contribution in [2.24, 2.45) is 0 Å². The molecule has 0 aromatic heterocycles. The van der Waals surface area contributed by atoms with E-state index in [9.17, 15) is 24.5 Å². The van der Waals surface area contributed by atoms with Crippen LogP contribution in [0.2, 0.25) is 5.02 Å². The van der Waals surface area contributed by atoms with Gasteiger partial charge in [-0.25, -0.2) is 4.79 Å². The summed E-state index contributed by atoms with van der Waals surface area (Å²) in [6.07, 6.45) is 1.46. The Kier molecular flexibility index (Phi) is 7.79. The van der Waals surface area contributed by atoms with Crippen molar-refractivity contribution in [3.63, 3.8) is 0 Å². The first-order chi connectivity index (χ1) is 16.2. The number of halogens is 1. The largest absolute Gasteiger partial charge is 0.493 e. The fourth-order valence-electron chi connectivity index (χ4n) is 3.07. The first kappa shape index (κ1) is 25.1. The van der Waals surface area contributed by atoms with Crippen molar-refractivity contribution in [2.75, 3.05) is 14.2 Å². The number of rotatable bonds is 8. The number of hydrogen-bond donors (Lipinski definition) is 0. The molecule has 178 valence electrons. The summed E-state index contributed by atoms with van der Waals surface area (Å²) in [4.78, 5) is 48.0. The number of amides is 2. The lowest BCUT2D eigenvalue weighted by molar-refractivity contribution is -0.384. The molecule has 1 aliphatic rings. The van der Waals surface area contributed by atoms with Crippen LogP contribution in [-0.4, -0.2) is 47.2 Å². The predicted molar refractivity (Wildman–Crippen MR) is 125 cm³/mol. The van der Waals surface area contributed by atoms with Crippen molar-refractivity contribution < 1.29 is 33.5 Å². The molecule has 2 aromatic rings. The highest BCUT2D eigenvalue weighted by Crippen LogP contribution is 2.39. The molecule has 12 heteroatoms. The molecule has 1 aliphatic heterocycles. The summed E-state index contributed by atoms with van der Waals surface area (Å²) in [5, 5.41) is 10.4. The Hall–Kier alpha value is -3.57. The molecule has 0 radical (unpaired) electrons. The number of benzene rings is 2. The van der Waals surface area contributed by atoms with Crippen molar-refractivity contribution >= 4 is 52.2 Å². The van der Waals surface area contributed by atoms with Gasteiger partial charge in [0, 0.05) is 12.1 Å². The Bertz CT molecular complexity index is 1180. The molecule has 1 heterocycles. The Morgan fingerprint density at radius 3 is 2.50 bits per heavy atom. The second kappa shape index (κ2) is 10.6. The van der Waals surface area contributed by atoms with Crippen LogP contribution in [0.1, 0.15) is 18.1 Å². The summed E-state index contributed by atoms with van der Waals surface area (Å²) in [7, 11) is 2.59. The van der Waals surface area contributed by atoms with E-state index in [0.29, 0.717) is 22.9 Å². The van der Waals surface area contributed by atoms with Gasteiger partial charge < -0.3 is 14.2 Å². The number of carbonyl (C=O) groups excluding carboxylic acids is 3. The zero-order valence-corrected chi connectivity index (χ0v) is 19.8. The van der Waals surface area contributed by atoms with Crippen LogP contribution < -0.4 is 9.47 Å². The van der Waals surface area contributed by atoms with Gasteiger partial charge in [0.05, 0.1) is 29.1 Å². The van der Waals surface area contributed by atoms with Gasteiger partial charge in [-0.2, -0.15) is 0 Å². The quantitative estimate of drug-likeness (QED) is 0.221. The lowest BCUT2D eigenvalue weighted by Crippen LogP contribution is -2.42. The lowest BCUT2D eigenvalue weighted by Gasteiger charge is -2.18. The smallest absolute Gasteiger partial charge is 0.328 e. The monoisotopic (exact) mass is 506 g/mol. The number of non-ortho nitro benzene ring substituents is 1. The third-order valence-corrected chi connectivity index (χ3v) is 6.00. The second-order valence-electron chi connectivity index (χ2n) is 7.00. The summed E-state index contributed by atoms with van der Waals surface area (Å²) in [6, 6.07) is 7.93. The number of methoxy groups -OCH3 is 2. The SMILES string of the molecule is COC(=O)[C@@H](C)N1C(=O)S/C(=C/c2cc(Cl)c(OCc3ccc([N+](=O)[O-])cc3)c(OC)c2)C1=O. The summed E-state index contributed by atoms with van der Waals surface area (Å²) in [5.74, 6) is -0.806. The van der Waals surface area contributed by atoms with Gasteiger partial charge in [0.2, 0.25) is 0 Å². The molecule has 0 spiro atoms. The normalized spacial score (nSPS) is 15.4. The van der Waals surface area contributed by atoms with Crippen molar-refractivity contribution in [1.29, 1.82) is 0 Å². The minimum absolute atomic E-state index is 0.0332. The second-order valence-corrected chi connectivity index (χ2v) is 8.40. The van der Waals surface area contributed by atoms with Crippen molar-refractivity contribution in [3.05, 3.63) is 67.6 Å². The molecular formula is C22H19ClN2O8S. The standard InChI is InChI=1S/C22H19ClN2O8S/c1-12(21(27)32-3)24-20(26)18(34-22(24)28)10-14-8-16(23)19(17(9-14)31-2)33-11-13-4-6-15(7-5-13)25(29)30/h4-10,12H,11H2,1-3H3/b18-10+/t12-/m1/s1. The number of hydrogen-bond acceptors (Lipinski definition) is 9. The van der Waals surface area contributed by atoms with E-state index >= 15 is 0 Å². The fraction of sp³-hybridized carbons (Fsp3) is 0.227. The van der Waals surface area contributed by atoms with Crippen LogP contribution in [0, 0.1) is 10.1 Å². The molecule has 1 atom stereocenters. The molecule has 0 N–H and O–H groups in total. The molecule has 0 unspecified atom stereocenters. The number of esters is 1. The lowest BCUT2D eigenvalue weighted by atomic mass is 10.1.